The molecule has 8 heteroatoms. The minimum absolute atomic E-state index is 0.153. The maximum atomic E-state index is 12.2. The molecule has 2 rings (SSSR count). The molecule has 0 atom stereocenters. The molecule has 0 saturated carbocycles. The Kier molecular flexibility index (Phi) is 7.65. The van der Waals surface area contributed by atoms with Crippen LogP contribution < -0.4 is 5.32 Å². The summed E-state index contributed by atoms with van der Waals surface area (Å²) < 4.78 is 0. The van der Waals surface area contributed by atoms with E-state index in [9.17, 15) is 14.7 Å². The van der Waals surface area contributed by atoms with Crippen LogP contribution in [0, 0.1) is 0 Å². The van der Waals surface area contributed by atoms with E-state index in [2.05, 4.69) is 34.3 Å². The summed E-state index contributed by atoms with van der Waals surface area (Å²) >= 11 is 0. The Balaban J connectivity index is 1.97. The van der Waals surface area contributed by atoms with Gasteiger partial charge in [-0.05, 0) is 55.6 Å². The molecule has 0 unspecified atom stereocenters. The van der Waals surface area contributed by atoms with Crippen molar-refractivity contribution in [2.75, 3.05) is 26.2 Å². The van der Waals surface area contributed by atoms with Gasteiger partial charge in [-0.2, -0.15) is 10.2 Å². The van der Waals surface area contributed by atoms with Gasteiger partial charge in [-0.15, -0.1) is 0 Å². The lowest BCUT2D eigenvalue weighted by Gasteiger charge is -2.17. The van der Waals surface area contributed by atoms with Crippen LogP contribution in [0.4, 0.5) is 11.4 Å². The lowest BCUT2D eigenvalue weighted by atomic mass is 10.2. The number of aromatic carboxylic acids is 1. The van der Waals surface area contributed by atoms with Crippen LogP contribution in [0.2, 0.25) is 0 Å². The number of carbonyl (C=O) groups is 2. The monoisotopic (exact) mass is 384 g/mol. The lowest BCUT2D eigenvalue weighted by Crippen LogP contribution is -2.34. The van der Waals surface area contributed by atoms with E-state index in [0.29, 0.717) is 23.5 Å². The third-order valence-electron chi connectivity index (χ3n) is 4.23. The lowest BCUT2D eigenvalue weighted by molar-refractivity contribution is 0.0693. The Morgan fingerprint density at radius 3 is 2.21 bits per heavy atom. The minimum atomic E-state index is -1.24. The molecule has 0 saturated heterocycles. The number of benzene rings is 2. The van der Waals surface area contributed by atoms with E-state index < -0.39 is 5.97 Å². The third kappa shape index (κ3) is 5.88. The van der Waals surface area contributed by atoms with Crippen LogP contribution in [0.5, 0.6) is 5.75 Å². The molecule has 0 aliphatic heterocycles. The molecule has 0 spiro atoms. The zero-order valence-electron chi connectivity index (χ0n) is 15.9. The van der Waals surface area contributed by atoms with E-state index in [-0.39, 0.29) is 17.2 Å². The van der Waals surface area contributed by atoms with Crippen LogP contribution in [0.1, 0.15) is 34.6 Å². The number of amides is 1. The molecule has 0 aliphatic rings. The molecule has 3 N–H and O–H groups in total. The molecule has 0 bridgehead atoms. The molecule has 0 radical (unpaired) electrons. The van der Waals surface area contributed by atoms with Gasteiger partial charge in [0.05, 0.1) is 11.4 Å². The summed E-state index contributed by atoms with van der Waals surface area (Å²) in [5, 5.41) is 29.4. The Bertz CT molecular complexity index is 846. The second kappa shape index (κ2) is 10.2. The SMILES string of the molecule is CCN(CC)CCNC(=O)c1ccc(N=Nc2ccc(O)c(C(=O)O)c2)cc1. The number of rotatable bonds is 9. The standard InChI is InChI=1S/C20H24N4O4/c1-3-24(4-2)12-11-21-19(26)14-5-7-15(8-6-14)22-23-16-9-10-18(25)17(13-16)20(27)28/h5-10,13,25H,3-4,11-12H2,1-2H3,(H,21,26)(H,27,28). The fourth-order valence-corrected chi connectivity index (χ4v) is 2.52. The van der Waals surface area contributed by atoms with Gasteiger partial charge in [-0.1, -0.05) is 13.8 Å². The Morgan fingerprint density at radius 2 is 1.61 bits per heavy atom. The van der Waals surface area contributed by atoms with Gasteiger partial charge in [-0.25, -0.2) is 4.79 Å². The Morgan fingerprint density at radius 1 is 1.00 bits per heavy atom. The Labute approximate surface area is 163 Å². The number of carboxylic acids is 1. The predicted molar refractivity (Wildman–Crippen MR) is 106 cm³/mol. The van der Waals surface area contributed by atoms with E-state index in [1.54, 1.807) is 24.3 Å². The molecule has 8 nitrogen and oxygen atoms in total. The summed E-state index contributed by atoms with van der Waals surface area (Å²) in [7, 11) is 0. The molecule has 1 amide bonds. The number of aromatic hydroxyl groups is 1. The molecule has 28 heavy (non-hydrogen) atoms. The van der Waals surface area contributed by atoms with Crippen molar-refractivity contribution in [2.45, 2.75) is 13.8 Å². The van der Waals surface area contributed by atoms with Gasteiger partial charge in [0.1, 0.15) is 11.3 Å². The first-order chi connectivity index (χ1) is 13.4. The van der Waals surface area contributed by atoms with Gasteiger partial charge >= 0.3 is 5.97 Å². The molecule has 0 fully saturated rings. The summed E-state index contributed by atoms with van der Waals surface area (Å²) in [4.78, 5) is 25.4. The van der Waals surface area contributed by atoms with Crippen molar-refractivity contribution >= 4 is 23.3 Å². The highest BCUT2D eigenvalue weighted by Gasteiger charge is 2.10. The van der Waals surface area contributed by atoms with Crippen LogP contribution in [0.15, 0.2) is 52.7 Å². The number of hydrogen-bond donors (Lipinski definition) is 3. The average Bonchev–Trinajstić information content (AvgIpc) is 2.70. The third-order valence-corrected chi connectivity index (χ3v) is 4.23. The van der Waals surface area contributed by atoms with Crippen molar-refractivity contribution in [1.82, 2.24) is 10.2 Å². The number of carboxylic acid groups (broad SMARTS) is 1. The number of azo groups is 1. The molecule has 0 aliphatic carbocycles. The summed E-state index contributed by atoms with van der Waals surface area (Å²) in [5.41, 5.74) is 1.10. The van der Waals surface area contributed by atoms with Gasteiger partial charge in [0.15, 0.2) is 0 Å². The molecule has 0 aromatic heterocycles. The fraction of sp³-hybridized carbons (Fsp3) is 0.300. The number of hydrogen-bond acceptors (Lipinski definition) is 6. The van der Waals surface area contributed by atoms with Crippen molar-refractivity contribution in [3.63, 3.8) is 0 Å². The van der Waals surface area contributed by atoms with Crippen molar-refractivity contribution in [3.8, 4) is 5.75 Å². The predicted octanol–water partition coefficient (Wildman–Crippen LogP) is 3.58. The van der Waals surface area contributed by atoms with Crippen LogP contribution in [0.25, 0.3) is 0 Å². The maximum absolute atomic E-state index is 12.2. The van der Waals surface area contributed by atoms with Crippen molar-refractivity contribution in [3.05, 3.63) is 53.6 Å². The highest BCUT2D eigenvalue weighted by Crippen LogP contribution is 2.25. The molecular formula is C20H24N4O4. The van der Waals surface area contributed by atoms with Gasteiger partial charge in [0.25, 0.3) is 5.91 Å². The van der Waals surface area contributed by atoms with E-state index in [1.165, 1.54) is 18.2 Å². The topological polar surface area (TPSA) is 115 Å². The largest absolute Gasteiger partial charge is 0.507 e. The highest BCUT2D eigenvalue weighted by molar-refractivity contribution is 5.94. The van der Waals surface area contributed by atoms with Gasteiger partial charge in [0, 0.05) is 18.7 Å². The summed E-state index contributed by atoms with van der Waals surface area (Å²) in [6.45, 7) is 7.44. The van der Waals surface area contributed by atoms with Crippen LogP contribution in [-0.4, -0.2) is 53.2 Å². The second-order valence-electron chi connectivity index (χ2n) is 6.04. The molecule has 2 aromatic carbocycles. The van der Waals surface area contributed by atoms with Crippen molar-refractivity contribution < 1.29 is 19.8 Å². The van der Waals surface area contributed by atoms with E-state index in [1.807, 2.05) is 0 Å². The Hall–Kier alpha value is -3.26. The van der Waals surface area contributed by atoms with Crippen LogP contribution in [-0.2, 0) is 0 Å². The van der Waals surface area contributed by atoms with Crippen LogP contribution in [0.3, 0.4) is 0 Å². The number of nitrogens with zero attached hydrogens (tertiary/aromatic N) is 3. The van der Waals surface area contributed by atoms with E-state index >= 15 is 0 Å². The molecule has 0 heterocycles. The first kappa shape index (κ1) is 21.0. The molecular weight excluding hydrogens is 360 g/mol. The fourth-order valence-electron chi connectivity index (χ4n) is 2.52. The first-order valence-corrected chi connectivity index (χ1v) is 9.03. The van der Waals surface area contributed by atoms with Gasteiger partial charge in [-0.3, -0.25) is 4.79 Å². The molecule has 148 valence electrons. The summed E-state index contributed by atoms with van der Waals surface area (Å²) in [5.74, 6) is -1.73. The number of carbonyl (C=O) groups excluding carboxylic acids is 1. The number of likely N-dealkylation sites (N-methyl/N-ethyl adjacent to an activating group) is 1. The molecule has 2 aromatic rings. The average molecular weight is 384 g/mol. The van der Waals surface area contributed by atoms with Crippen molar-refractivity contribution in [1.29, 1.82) is 0 Å². The van der Waals surface area contributed by atoms with E-state index in [0.717, 1.165) is 19.6 Å². The second-order valence-corrected chi connectivity index (χ2v) is 6.04. The number of phenols is 1. The van der Waals surface area contributed by atoms with Crippen LogP contribution >= 0.6 is 0 Å². The minimum Gasteiger partial charge on any atom is -0.507 e. The van der Waals surface area contributed by atoms with E-state index in [4.69, 9.17) is 5.11 Å². The van der Waals surface area contributed by atoms with Gasteiger partial charge < -0.3 is 20.4 Å². The zero-order chi connectivity index (χ0) is 20.5. The quantitative estimate of drug-likeness (QED) is 0.572. The number of nitrogens with one attached hydrogen (secondary N) is 1. The summed E-state index contributed by atoms with van der Waals surface area (Å²) in [6, 6.07) is 10.6. The normalized spacial score (nSPS) is 11.1. The first-order valence-electron chi connectivity index (χ1n) is 9.03. The zero-order valence-corrected chi connectivity index (χ0v) is 15.9. The van der Waals surface area contributed by atoms with Gasteiger partial charge in [0.2, 0.25) is 0 Å². The van der Waals surface area contributed by atoms with Crippen molar-refractivity contribution in [2.24, 2.45) is 10.2 Å². The highest BCUT2D eigenvalue weighted by atomic mass is 16.4. The maximum Gasteiger partial charge on any atom is 0.339 e. The summed E-state index contributed by atoms with van der Waals surface area (Å²) in [6.07, 6.45) is 0. The smallest absolute Gasteiger partial charge is 0.339 e.